The first-order valence-corrected chi connectivity index (χ1v) is 9.16. The fourth-order valence-corrected chi connectivity index (χ4v) is 3.71. The summed E-state index contributed by atoms with van der Waals surface area (Å²) in [4.78, 5) is 0. The summed E-state index contributed by atoms with van der Waals surface area (Å²) in [6.07, 6.45) is 1.86. The highest BCUT2D eigenvalue weighted by Gasteiger charge is 2.27. The average Bonchev–Trinajstić information content (AvgIpc) is 2.88. The zero-order valence-electron chi connectivity index (χ0n) is 13.7. The monoisotopic (exact) mass is 375 g/mol. The van der Waals surface area contributed by atoms with Gasteiger partial charge in [0.05, 0.1) is 34.5 Å². The molecule has 1 aliphatic rings. The van der Waals surface area contributed by atoms with Crippen LogP contribution in [0.3, 0.4) is 0 Å². The Morgan fingerprint density at radius 1 is 1.16 bits per heavy atom. The summed E-state index contributed by atoms with van der Waals surface area (Å²) in [5, 5.41) is 10.3. The third-order valence-electron chi connectivity index (χ3n) is 4.64. The highest BCUT2D eigenvalue weighted by atomic mass is 35.5. The van der Waals surface area contributed by atoms with E-state index in [1.165, 1.54) is 0 Å². The van der Waals surface area contributed by atoms with Crippen molar-refractivity contribution in [1.29, 1.82) is 0 Å². The first-order valence-electron chi connectivity index (χ1n) is 8.40. The number of nitrogens with one attached hydrogen (secondary N) is 1. The number of hydrogen-bond acceptors (Lipinski definition) is 3. The van der Waals surface area contributed by atoms with Crippen LogP contribution in [0, 0.1) is 5.92 Å². The lowest BCUT2D eigenvalue weighted by Gasteiger charge is -2.25. The average molecular weight is 376 g/mol. The second-order valence-corrected chi connectivity index (χ2v) is 7.13. The molecular formula is C19H19Cl2N3O. The molecule has 0 saturated carbocycles. The van der Waals surface area contributed by atoms with E-state index in [4.69, 9.17) is 27.9 Å². The van der Waals surface area contributed by atoms with E-state index in [1.807, 2.05) is 36.5 Å². The van der Waals surface area contributed by atoms with Gasteiger partial charge in [-0.15, -0.1) is 0 Å². The summed E-state index contributed by atoms with van der Waals surface area (Å²) in [5.41, 5.74) is 2.19. The van der Waals surface area contributed by atoms with Crippen molar-refractivity contribution in [1.82, 2.24) is 15.1 Å². The Kier molecular flexibility index (Phi) is 4.95. The summed E-state index contributed by atoms with van der Waals surface area (Å²) in [7, 11) is 0. The van der Waals surface area contributed by atoms with Crippen LogP contribution in [0.25, 0.3) is 10.9 Å². The summed E-state index contributed by atoms with van der Waals surface area (Å²) < 4.78 is 8.21. The fraction of sp³-hybridized carbons (Fsp3) is 0.316. The van der Waals surface area contributed by atoms with Gasteiger partial charge in [0.25, 0.3) is 0 Å². The van der Waals surface area contributed by atoms with Gasteiger partial charge in [-0.25, -0.2) is 0 Å². The standard InChI is InChI=1S/C19H19Cl2N3O/c20-16-6-5-13(9-17(16)21)19-15(10-22-7-8-25-19)12-24-18-4-2-1-3-14(18)11-23-24/h1-6,9,11,15,19,22H,7-8,10,12H2/t15-,19-/m0/s1. The van der Waals surface area contributed by atoms with Crippen LogP contribution in [-0.2, 0) is 11.3 Å². The Bertz CT molecular complexity index is 880. The van der Waals surface area contributed by atoms with Crippen molar-refractivity contribution < 1.29 is 4.74 Å². The molecule has 3 aromatic rings. The van der Waals surface area contributed by atoms with Crippen LogP contribution in [0.4, 0.5) is 0 Å². The van der Waals surface area contributed by atoms with Crippen LogP contribution in [-0.4, -0.2) is 29.5 Å². The minimum atomic E-state index is -0.0484. The summed E-state index contributed by atoms with van der Waals surface area (Å²) in [5.74, 6) is 0.239. The fourth-order valence-electron chi connectivity index (χ4n) is 3.40. The lowest BCUT2D eigenvalue weighted by Crippen LogP contribution is -2.28. The molecule has 2 heterocycles. The van der Waals surface area contributed by atoms with Crippen molar-refractivity contribution >= 4 is 34.1 Å². The predicted molar refractivity (Wildman–Crippen MR) is 101 cm³/mol. The Balaban J connectivity index is 1.65. The van der Waals surface area contributed by atoms with Gasteiger partial charge in [-0.3, -0.25) is 4.68 Å². The summed E-state index contributed by atoms with van der Waals surface area (Å²) >= 11 is 12.3. The van der Waals surface area contributed by atoms with Crippen molar-refractivity contribution in [3.63, 3.8) is 0 Å². The molecule has 1 aliphatic heterocycles. The molecule has 1 fully saturated rings. The van der Waals surface area contributed by atoms with Crippen LogP contribution in [0.15, 0.2) is 48.7 Å². The number of benzene rings is 2. The van der Waals surface area contributed by atoms with Gasteiger partial charge in [0.1, 0.15) is 0 Å². The molecule has 6 heteroatoms. The van der Waals surface area contributed by atoms with Crippen LogP contribution < -0.4 is 5.32 Å². The molecule has 0 spiro atoms. The van der Waals surface area contributed by atoms with E-state index >= 15 is 0 Å². The van der Waals surface area contributed by atoms with Gasteiger partial charge in [-0.2, -0.15) is 5.10 Å². The number of halogens is 2. The molecule has 2 aromatic carbocycles. The van der Waals surface area contributed by atoms with Crippen molar-refractivity contribution in [2.75, 3.05) is 19.7 Å². The van der Waals surface area contributed by atoms with Crippen molar-refractivity contribution in [2.45, 2.75) is 12.6 Å². The van der Waals surface area contributed by atoms with E-state index in [0.717, 1.165) is 36.1 Å². The first-order chi connectivity index (χ1) is 12.2. The number of nitrogens with zero attached hydrogens (tertiary/aromatic N) is 2. The van der Waals surface area contributed by atoms with E-state index in [1.54, 1.807) is 0 Å². The molecule has 0 bridgehead atoms. The maximum Gasteiger partial charge on any atom is 0.0884 e. The van der Waals surface area contributed by atoms with E-state index in [9.17, 15) is 0 Å². The summed E-state index contributed by atoms with van der Waals surface area (Å²) in [6, 6.07) is 14.0. The lowest BCUT2D eigenvalue weighted by atomic mass is 9.95. The van der Waals surface area contributed by atoms with Gasteiger partial charge in [-0.1, -0.05) is 47.5 Å². The molecule has 2 atom stereocenters. The molecule has 25 heavy (non-hydrogen) atoms. The Hall–Kier alpha value is -1.59. The van der Waals surface area contributed by atoms with Crippen molar-refractivity contribution in [3.05, 3.63) is 64.3 Å². The van der Waals surface area contributed by atoms with Crippen LogP contribution in [0.1, 0.15) is 11.7 Å². The first kappa shape index (κ1) is 16.9. The molecule has 1 aromatic heterocycles. The third-order valence-corrected chi connectivity index (χ3v) is 5.38. The van der Waals surface area contributed by atoms with Gasteiger partial charge in [-0.05, 0) is 23.8 Å². The number of para-hydroxylation sites is 1. The molecule has 4 rings (SSSR count). The van der Waals surface area contributed by atoms with E-state index in [0.29, 0.717) is 16.7 Å². The zero-order valence-corrected chi connectivity index (χ0v) is 15.2. The van der Waals surface area contributed by atoms with Gasteiger partial charge in [0.15, 0.2) is 0 Å². The number of aromatic nitrogens is 2. The number of rotatable bonds is 3. The minimum Gasteiger partial charge on any atom is -0.372 e. The van der Waals surface area contributed by atoms with Crippen molar-refractivity contribution in [2.24, 2.45) is 5.92 Å². The Morgan fingerprint density at radius 3 is 2.92 bits per heavy atom. The molecule has 0 radical (unpaired) electrons. The smallest absolute Gasteiger partial charge is 0.0884 e. The van der Waals surface area contributed by atoms with Crippen LogP contribution >= 0.6 is 23.2 Å². The van der Waals surface area contributed by atoms with E-state index in [-0.39, 0.29) is 12.0 Å². The highest BCUT2D eigenvalue weighted by molar-refractivity contribution is 6.42. The van der Waals surface area contributed by atoms with Crippen LogP contribution in [0.2, 0.25) is 10.0 Å². The second-order valence-electron chi connectivity index (χ2n) is 6.31. The molecule has 0 amide bonds. The largest absolute Gasteiger partial charge is 0.372 e. The zero-order chi connectivity index (χ0) is 17.2. The SMILES string of the molecule is Clc1ccc([C@@H]2OCCNC[C@H]2Cn2ncc3ccccc32)cc1Cl. The van der Waals surface area contributed by atoms with Crippen molar-refractivity contribution in [3.8, 4) is 0 Å². The predicted octanol–water partition coefficient (Wildman–Crippen LogP) is 4.32. The lowest BCUT2D eigenvalue weighted by molar-refractivity contribution is 0.0247. The third kappa shape index (κ3) is 3.53. The Morgan fingerprint density at radius 2 is 2.04 bits per heavy atom. The van der Waals surface area contributed by atoms with Gasteiger partial charge < -0.3 is 10.1 Å². The molecule has 130 valence electrons. The minimum absolute atomic E-state index is 0.0484. The van der Waals surface area contributed by atoms with Crippen LogP contribution in [0.5, 0.6) is 0 Å². The molecule has 1 saturated heterocycles. The number of fused-ring (bicyclic) bond motifs is 1. The summed E-state index contributed by atoms with van der Waals surface area (Å²) in [6.45, 7) is 3.14. The maximum atomic E-state index is 6.22. The maximum absolute atomic E-state index is 6.22. The van der Waals surface area contributed by atoms with E-state index < -0.39 is 0 Å². The van der Waals surface area contributed by atoms with Gasteiger partial charge in [0, 0.05) is 30.9 Å². The topological polar surface area (TPSA) is 39.1 Å². The van der Waals surface area contributed by atoms with E-state index in [2.05, 4.69) is 27.2 Å². The molecule has 0 aliphatic carbocycles. The highest BCUT2D eigenvalue weighted by Crippen LogP contribution is 2.33. The second kappa shape index (κ2) is 7.34. The molecule has 0 unspecified atom stereocenters. The van der Waals surface area contributed by atoms with Gasteiger partial charge in [0.2, 0.25) is 0 Å². The molecular weight excluding hydrogens is 357 g/mol. The number of ether oxygens (including phenoxy) is 1. The molecule has 4 nitrogen and oxygen atoms in total. The molecule has 1 N–H and O–H groups in total. The van der Waals surface area contributed by atoms with Gasteiger partial charge >= 0.3 is 0 Å². The number of hydrogen-bond donors (Lipinski definition) is 1. The quantitative estimate of drug-likeness (QED) is 0.740. The normalized spacial score (nSPS) is 21.4. The Labute approximate surface area is 156 Å².